The maximum absolute atomic E-state index is 11.6. The first-order valence-electron chi connectivity index (χ1n) is 5.87. The van der Waals surface area contributed by atoms with Crippen molar-refractivity contribution in [2.24, 2.45) is 5.92 Å². The molecule has 0 bridgehead atoms. The number of nitrogens with one attached hydrogen (secondary N) is 1. The number of carboxylic acid groups (broad SMARTS) is 1. The summed E-state index contributed by atoms with van der Waals surface area (Å²) in [5, 5.41) is 12.0. The van der Waals surface area contributed by atoms with Crippen LogP contribution in [0.1, 0.15) is 19.4 Å². The van der Waals surface area contributed by atoms with Gasteiger partial charge >= 0.3 is 5.97 Å². The number of halogens is 1. The molecule has 0 unspecified atom stereocenters. The molecule has 0 spiro atoms. The smallest absolute Gasteiger partial charge is 0.326 e. The molecule has 0 aliphatic heterocycles. The lowest BCUT2D eigenvalue weighted by atomic mass is 10.0. The zero-order chi connectivity index (χ0) is 14.4. The van der Waals surface area contributed by atoms with E-state index in [2.05, 4.69) is 5.32 Å². The molecule has 0 heterocycles. The Hall–Kier alpha value is -1.81. The van der Waals surface area contributed by atoms with Crippen LogP contribution in [0, 0.1) is 5.92 Å². The van der Waals surface area contributed by atoms with Gasteiger partial charge < -0.3 is 10.4 Å². The summed E-state index contributed by atoms with van der Waals surface area (Å²) < 4.78 is 0. The minimum absolute atomic E-state index is 0.176. The van der Waals surface area contributed by atoms with Crippen molar-refractivity contribution in [2.75, 3.05) is 0 Å². The fraction of sp³-hybridized carbons (Fsp3) is 0.286. The SMILES string of the molecule is CC(C)[C@@H](NC(=O)/C=C/c1ccc(Cl)cc1)C(=O)O. The molecule has 0 saturated carbocycles. The highest BCUT2D eigenvalue weighted by molar-refractivity contribution is 6.30. The van der Waals surface area contributed by atoms with Crippen LogP contribution in [0.25, 0.3) is 6.08 Å². The Balaban J connectivity index is 2.64. The number of aliphatic carboxylic acids is 1. The second-order valence-electron chi connectivity index (χ2n) is 4.45. The normalized spacial score (nSPS) is 12.6. The summed E-state index contributed by atoms with van der Waals surface area (Å²) in [6.45, 7) is 3.48. The Bertz CT molecular complexity index is 480. The fourth-order valence-electron chi connectivity index (χ4n) is 1.46. The largest absolute Gasteiger partial charge is 0.480 e. The first-order chi connectivity index (χ1) is 8.90. The third-order valence-electron chi connectivity index (χ3n) is 2.53. The number of carboxylic acids is 1. The molecule has 1 aromatic carbocycles. The Morgan fingerprint density at radius 1 is 1.26 bits per heavy atom. The lowest BCUT2D eigenvalue weighted by Gasteiger charge is -2.16. The third kappa shape index (κ3) is 5.14. The second-order valence-corrected chi connectivity index (χ2v) is 4.89. The molecule has 0 radical (unpaired) electrons. The van der Waals surface area contributed by atoms with Gasteiger partial charge in [0.2, 0.25) is 5.91 Å². The van der Waals surface area contributed by atoms with Crippen molar-refractivity contribution in [3.05, 3.63) is 40.9 Å². The summed E-state index contributed by atoms with van der Waals surface area (Å²) >= 11 is 5.74. The highest BCUT2D eigenvalue weighted by atomic mass is 35.5. The lowest BCUT2D eigenvalue weighted by Crippen LogP contribution is -2.43. The number of carbonyl (C=O) groups is 2. The molecular formula is C14H16ClNO3. The van der Waals surface area contributed by atoms with Crippen molar-refractivity contribution in [1.29, 1.82) is 0 Å². The summed E-state index contributed by atoms with van der Waals surface area (Å²) in [4.78, 5) is 22.5. The molecule has 1 atom stereocenters. The molecule has 0 aliphatic rings. The molecule has 2 N–H and O–H groups in total. The van der Waals surface area contributed by atoms with Crippen molar-refractivity contribution in [2.45, 2.75) is 19.9 Å². The van der Waals surface area contributed by atoms with Gasteiger partial charge in [0.15, 0.2) is 0 Å². The zero-order valence-electron chi connectivity index (χ0n) is 10.8. The van der Waals surface area contributed by atoms with Crippen molar-refractivity contribution >= 4 is 29.6 Å². The molecule has 1 rings (SSSR count). The van der Waals surface area contributed by atoms with E-state index >= 15 is 0 Å². The van der Waals surface area contributed by atoms with Crippen LogP contribution in [0.15, 0.2) is 30.3 Å². The van der Waals surface area contributed by atoms with Crippen LogP contribution in [0.4, 0.5) is 0 Å². The fourth-order valence-corrected chi connectivity index (χ4v) is 1.59. The molecule has 4 nitrogen and oxygen atoms in total. The third-order valence-corrected chi connectivity index (χ3v) is 2.78. The van der Waals surface area contributed by atoms with E-state index in [1.165, 1.54) is 6.08 Å². The summed E-state index contributed by atoms with van der Waals surface area (Å²) in [7, 11) is 0. The van der Waals surface area contributed by atoms with Gasteiger partial charge in [0.05, 0.1) is 0 Å². The molecule has 5 heteroatoms. The topological polar surface area (TPSA) is 66.4 Å². The molecule has 0 saturated heterocycles. The van der Waals surface area contributed by atoms with Crippen LogP contribution in [0.2, 0.25) is 5.02 Å². The average Bonchev–Trinajstić information content (AvgIpc) is 2.34. The summed E-state index contributed by atoms with van der Waals surface area (Å²) in [5.41, 5.74) is 0.816. The van der Waals surface area contributed by atoms with E-state index < -0.39 is 17.9 Å². The molecule has 1 aromatic rings. The summed E-state index contributed by atoms with van der Waals surface area (Å²) in [6.07, 6.45) is 2.91. The molecule has 0 aromatic heterocycles. The van der Waals surface area contributed by atoms with E-state index in [4.69, 9.17) is 16.7 Å². The number of benzene rings is 1. The highest BCUT2D eigenvalue weighted by Crippen LogP contribution is 2.10. The van der Waals surface area contributed by atoms with Crippen LogP contribution in [0.3, 0.4) is 0 Å². The minimum atomic E-state index is -1.04. The van der Waals surface area contributed by atoms with Gasteiger partial charge in [-0.2, -0.15) is 0 Å². The Labute approximate surface area is 117 Å². The lowest BCUT2D eigenvalue weighted by molar-refractivity contribution is -0.142. The number of amides is 1. The standard InChI is InChI=1S/C14H16ClNO3/c1-9(2)13(14(18)19)16-12(17)8-5-10-3-6-11(15)7-4-10/h3-9,13H,1-2H3,(H,16,17)(H,18,19)/b8-5+/t13-/m1/s1. The second kappa shape index (κ2) is 6.95. The Kier molecular flexibility index (Phi) is 5.57. The van der Waals surface area contributed by atoms with E-state index in [1.807, 2.05) is 0 Å². The van der Waals surface area contributed by atoms with Crippen molar-refractivity contribution < 1.29 is 14.7 Å². The molecular weight excluding hydrogens is 266 g/mol. The molecule has 1 amide bonds. The van der Waals surface area contributed by atoms with Gasteiger partial charge in [-0.05, 0) is 29.7 Å². The van der Waals surface area contributed by atoms with Crippen molar-refractivity contribution in [1.82, 2.24) is 5.32 Å². The van der Waals surface area contributed by atoms with E-state index in [9.17, 15) is 9.59 Å². The van der Waals surface area contributed by atoms with Gasteiger partial charge in [0, 0.05) is 11.1 Å². The Morgan fingerprint density at radius 3 is 2.32 bits per heavy atom. The predicted molar refractivity (Wildman–Crippen MR) is 74.9 cm³/mol. The average molecular weight is 282 g/mol. The first kappa shape index (κ1) is 15.2. The number of hydrogen-bond acceptors (Lipinski definition) is 2. The predicted octanol–water partition coefficient (Wildman–Crippen LogP) is 2.58. The van der Waals surface area contributed by atoms with Gasteiger partial charge in [-0.3, -0.25) is 4.79 Å². The quantitative estimate of drug-likeness (QED) is 0.815. The summed E-state index contributed by atoms with van der Waals surface area (Å²) in [6, 6.07) is 6.08. The minimum Gasteiger partial charge on any atom is -0.480 e. The molecule has 0 aliphatic carbocycles. The maximum Gasteiger partial charge on any atom is 0.326 e. The van der Waals surface area contributed by atoms with E-state index in [1.54, 1.807) is 44.2 Å². The van der Waals surface area contributed by atoms with E-state index in [0.717, 1.165) is 5.56 Å². The Morgan fingerprint density at radius 2 is 1.84 bits per heavy atom. The van der Waals surface area contributed by atoms with E-state index in [0.29, 0.717) is 5.02 Å². The van der Waals surface area contributed by atoms with Gasteiger partial charge in [-0.1, -0.05) is 37.6 Å². The van der Waals surface area contributed by atoms with Crippen molar-refractivity contribution in [3.63, 3.8) is 0 Å². The van der Waals surface area contributed by atoms with Crippen LogP contribution < -0.4 is 5.32 Å². The maximum atomic E-state index is 11.6. The van der Waals surface area contributed by atoms with Gasteiger partial charge in [0.25, 0.3) is 0 Å². The summed E-state index contributed by atoms with van der Waals surface area (Å²) in [5.74, 6) is -1.65. The van der Waals surface area contributed by atoms with Gasteiger partial charge in [-0.15, -0.1) is 0 Å². The zero-order valence-corrected chi connectivity index (χ0v) is 11.5. The first-order valence-corrected chi connectivity index (χ1v) is 6.25. The van der Waals surface area contributed by atoms with E-state index in [-0.39, 0.29) is 5.92 Å². The van der Waals surface area contributed by atoms with Crippen LogP contribution in [0.5, 0.6) is 0 Å². The monoisotopic (exact) mass is 281 g/mol. The van der Waals surface area contributed by atoms with Gasteiger partial charge in [-0.25, -0.2) is 4.79 Å². The van der Waals surface area contributed by atoms with Crippen LogP contribution >= 0.6 is 11.6 Å². The molecule has 102 valence electrons. The number of rotatable bonds is 5. The molecule has 0 fully saturated rings. The molecule has 19 heavy (non-hydrogen) atoms. The van der Waals surface area contributed by atoms with Crippen LogP contribution in [-0.2, 0) is 9.59 Å². The number of hydrogen-bond donors (Lipinski definition) is 2. The van der Waals surface area contributed by atoms with Crippen molar-refractivity contribution in [3.8, 4) is 0 Å². The van der Waals surface area contributed by atoms with Gasteiger partial charge in [0.1, 0.15) is 6.04 Å². The number of carbonyl (C=O) groups excluding carboxylic acids is 1. The highest BCUT2D eigenvalue weighted by Gasteiger charge is 2.22. The van der Waals surface area contributed by atoms with Crippen LogP contribution in [-0.4, -0.2) is 23.0 Å².